The van der Waals surface area contributed by atoms with E-state index >= 15 is 0 Å². The lowest BCUT2D eigenvalue weighted by Crippen LogP contribution is -2.01. The van der Waals surface area contributed by atoms with Crippen molar-refractivity contribution in [3.05, 3.63) is 23.8 Å². The molecule has 1 rings (SSSR count). The third kappa shape index (κ3) is 3.28. The summed E-state index contributed by atoms with van der Waals surface area (Å²) in [4.78, 5) is -0.240. The second-order valence-electron chi connectivity index (χ2n) is 3.25. The fourth-order valence-corrected chi connectivity index (χ4v) is 1.68. The molecule has 0 radical (unpaired) electrons. The van der Waals surface area contributed by atoms with Crippen LogP contribution < -0.4 is 5.43 Å². The smallest absolute Gasteiger partial charge is 0.282 e. The summed E-state index contributed by atoms with van der Waals surface area (Å²) < 4.78 is 30.6. The SMILES string of the molecule is Cc1cc(S(=O)(=O)O)ccc1NN=C(C#N)C#N. The highest BCUT2D eigenvalue weighted by Crippen LogP contribution is 2.19. The van der Waals surface area contributed by atoms with Gasteiger partial charge in [0.1, 0.15) is 12.1 Å². The quantitative estimate of drug-likeness (QED) is 0.477. The topological polar surface area (TPSA) is 126 Å². The highest BCUT2D eigenvalue weighted by Gasteiger charge is 2.10. The molecule has 0 atom stereocenters. The molecule has 0 aliphatic heterocycles. The van der Waals surface area contributed by atoms with Crippen molar-refractivity contribution in [3.8, 4) is 12.1 Å². The van der Waals surface area contributed by atoms with E-state index in [9.17, 15) is 8.42 Å². The van der Waals surface area contributed by atoms with Gasteiger partial charge in [-0.25, -0.2) is 0 Å². The molecule has 0 heterocycles. The van der Waals surface area contributed by atoms with Crippen LogP contribution in [0.15, 0.2) is 28.2 Å². The van der Waals surface area contributed by atoms with Crippen LogP contribution in [-0.4, -0.2) is 18.7 Å². The molecule has 2 N–H and O–H groups in total. The van der Waals surface area contributed by atoms with Crippen molar-refractivity contribution in [2.45, 2.75) is 11.8 Å². The van der Waals surface area contributed by atoms with Crippen LogP contribution in [0.4, 0.5) is 5.69 Å². The normalized spacial score (nSPS) is 10.0. The van der Waals surface area contributed by atoms with E-state index in [0.29, 0.717) is 11.3 Å². The molecule has 0 fully saturated rings. The molecule has 1 aromatic rings. The Balaban J connectivity index is 3.06. The van der Waals surface area contributed by atoms with Gasteiger partial charge in [-0.2, -0.15) is 24.0 Å². The molecular formula is C10H8N4O3S. The van der Waals surface area contributed by atoms with E-state index in [0.717, 1.165) is 0 Å². The first-order valence-corrected chi connectivity index (χ1v) is 6.04. The summed E-state index contributed by atoms with van der Waals surface area (Å²) in [6.07, 6.45) is 0. The van der Waals surface area contributed by atoms with Crippen molar-refractivity contribution >= 4 is 21.5 Å². The molecule has 92 valence electrons. The highest BCUT2D eigenvalue weighted by atomic mass is 32.2. The molecule has 0 bridgehead atoms. The van der Waals surface area contributed by atoms with Crippen molar-refractivity contribution in [2.24, 2.45) is 5.10 Å². The van der Waals surface area contributed by atoms with Gasteiger partial charge in [0.15, 0.2) is 0 Å². The van der Waals surface area contributed by atoms with Crippen LogP contribution in [0.2, 0.25) is 0 Å². The summed E-state index contributed by atoms with van der Waals surface area (Å²) in [6.45, 7) is 1.59. The van der Waals surface area contributed by atoms with Crippen molar-refractivity contribution < 1.29 is 13.0 Å². The lowest BCUT2D eigenvalue weighted by molar-refractivity contribution is 0.483. The van der Waals surface area contributed by atoms with Crippen LogP contribution >= 0.6 is 0 Å². The van der Waals surface area contributed by atoms with Crippen LogP contribution in [0.3, 0.4) is 0 Å². The average Bonchev–Trinajstić information content (AvgIpc) is 2.30. The van der Waals surface area contributed by atoms with E-state index in [1.165, 1.54) is 18.2 Å². The van der Waals surface area contributed by atoms with Gasteiger partial charge in [0.25, 0.3) is 10.1 Å². The second-order valence-corrected chi connectivity index (χ2v) is 4.67. The molecule has 0 saturated carbocycles. The summed E-state index contributed by atoms with van der Waals surface area (Å²) in [5.41, 5.74) is 3.02. The Labute approximate surface area is 104 Å². The van der Waals surface area contributed by atoms with E-state index in [2.05, 4.69) is 10.5 Å². The Bertz CT molecular complexity index is 664. The van der Waals surface area contributed by atoms with Crippen LogP contribution in [-0.2, 0) is 10.1 Å². The molecule has 0 spiro atoms. The molecule has 1 aromatic carbocycles. The first-order chi connectivity index (χ1) is 8.38. The maximum Gasteiger partial charge on any atom is 0.294 e. The van der Waals surface area contributed by atoms with Gasteiger partial charge in [0.2, 0.25) is 5.71 Å². The van der Waals surface area contributed by atoms with Crippen LogP contribution in [0, 0.1) is 29.6 Å². The van der Waals surface area contributed by atoms with E-state index in [1.54, 1.807) is 19.1 Å². The Hall–Kier alpha value is -2.42. The minimum atomic E-state index is -4.25. The van der Waals surface area contributed by atoms with Gasteiger partial charge in [-0.15, -0.1) is 0 Å². The van der Waals surface area contributed by atoms with Gasteiger partial charge in [-0.1, -0.05) is 0 Å². The summed E-state index contributed by atoms with van der Waals surface area (Å²) in [7, 11) is -4.25. The third-order valence-corrected chi connectivity index (χ3v) is 2.85. The molecule has 18 heavy (non-hydrogen) atoms. The van der Waals surface area contributed by atoms with Gasteiger partial charge in [-0.3, -0.25) is 9.98 Å². The molecule has 0 saturated heterocycles. The third-order valence-electron chi connectivity index (χ3n) is 2.00. The Morgan fingerprint density at radius 2 is 2.00 bits per heavy atom. The number of nitrogens with one attached hydrogen (secondary N) is 1. The maximum atomic E-state index is 10.9. The second kappa shape index (κ2) is 5.27. The molecule has 0 aliphatic carbocycles. The van der Waals surface area contributed by atoms with Crippen molar-refractivity contribution in [3.63, 3.8) is 0 Å². The van der Waals surface area contributed by atoms with Crippen molar-refractivity contribution in [1.29, 1.82) is 10.5 Å². The fraction of sp³-hybridized carbons (Fsp3) is 0.100. The Kier molecular flexibility index (Phi) is 4.00. The van der Waals surface area contributed by atoms with Crippen LogP contribution in [0.25, 0.3) is 0 Å². The predicted molar refractivity (Wildman–Crippen MR) is 63.3 cm³/mol. The summed E-state index contributed by atoms with van der Waals surface area (Å²) in [6, 6.07) is 6.93. The average molecular weight is 264 g/mol. The Morgan fingerprint density at radius 1 is 1.39 bits per heavy atom. The van der Waals surface area contributed by atoms with Crippen molar-refractivity contribution in [1.82, 2.24) is 0 Å². The first-order valence-electron chi connectivity index (χ1n) is 4.60. The summed E-state index contributed by atoms with van der Waals surface area (Å²) in [5, 5.41) is 20.5. The summed E-state index contributed by atoms with van der Waals surface area (Å²) >= 11 is 0. The number of rotatable bonds is 3. The number of nitrogens with zero attached hydrogens (tertiary/aromatic N) is 3. The minimum absolute atomic E-state index is 0.240. The van der Waals surface area contributed by atoms with Gasteiger partial charge >= 0.3 is 0 Å². The Morgan fingerprint density at radius 3 is 2.44 bits per heavy atom. The van der Waals surface area contributed by atoms with E-state index in [4.69, 9.17) is 15.1 Å². The van der Waals surface area contributed by atoms with Gasteiger partial charge in [-0.05, 0) is 30.7 Å². The van der Waals surface area contributed by atoms with E-state index in [-0.39, 0.29) is 10.6 Å². The molecule has 0 aliphatic rings. The van der Waals surface area contributed by atoms with Gasteiger partial charge < -0.3 is 0 Å². The van der Waals surface area contributed by atoms with E-state index < -0.39 is 10.1 Å². The van der Waals surface area contributed by atoms with Gasteiger partial charge in [0, 0.05) is 0 Å². The zero-order valence-corrected chi connectivity index (χ0v) is 10.1. The zero-order valence-electron chi connectivity index (χ0n) is 9.25. The molecule has 0 amide bonds. The molecule has 0 aromatic heterocycles. The number of hydrogen-bond donors (Lipinski definition) is 2. The number of aryl methyl sites for hydroxylation is 1. The summed E-state index contributed by atoms with van der Waals surface area (Å²) in [5.74, 6) is 0. The van der Waals surface area contributed by atoms with Crippen LogP contribution in [0.1, 0.15) is 5.56 Å². The number of hydrazone groups is 1. The molecule has 0 unspecified atom stereocenters. The largest absolute Gasteiger partial charge is 0.294 e. The highest BCUT2D eigenvalue weighted by molar-refractivity contribution is 7.85. The lowest BCUT2D eigenvalue weighted by atomic mass is 10.2. The van der Waals surface area contributed by atoms with Gasteiger partial charge in [0.05, 0.1) is 10.6 Å². The van der Waals surface area contributed by atoms with E-state index in [1.807, 2.05) is 0 Å². The fourth-order valence-electron chi connectivity index (χ4n) is 1.11. The molecular weight excluding hydrogens is 256 g/mol. The molecule has 7 nitrogen and oxygen atoms in total. The number of hydrogen-bond acceptors (Lipinski definition) is 6. The monoisotopic (exact) mass is 264 g/mol. The predicted octanol–water partition coefficient (Wildman–Crippen LogP) is 1.06. The lowest BCUT2D eigenvalue weighted by Gasteiger charge is -2.05. The zero-order chi connectivity index (χ0) is 13.8. The van der Waals surface area contributed by atoms with Crippen LogP contribution in [0.5, 0.6) is 0 Å². The number of anilines is 1. The first kappa shape index (κ1) is 13.6. The van der Waals surface area contributed by atoms with Crippen molar-refractivity contribution in [2.75, 3.05) is 5.43 Å². The number of benzene rings is 1. The molecule has 8 heteroatoms. The standard InChI is InChI=1S/C10H8N4O3S/c1-7-4-9(18(15,16)17)2-3-10(7)14-13-8(5-11)6-12/h2-4,14H,1H3,(H,15,16,17). The maximum absolute atomic E-state index is 10.9. The number of nitriles is 2. The minimum Gasteiger partial charge on any atom is -0.282 e.